The van der Waals surface area contributed by atoms with Gasteiger partial charge in [0, 0.05) is 12.6 Å². The Kier molecular flexibility index (Phi) is 7.18. The van der Waals surface area contributed by atoms with E-state index >= 15 is 0 Å². The SMILES string of the molecule is COc1ccc(NC(=O)NC[C@H](O)CO[C@@H](C)c2ccccc2)cn1. The molecule has 134 valence electrons. The fourth-order valence-corrected chi connectivity index (χ4v) is 2.10. The number of carbonyl (C=O) groups is 1. The molecule has 25 heavy (non-hydrogen) atoms. The smallest absolute Gasteiger partial charge is 0.319 e. The van der Waals surface area contributed by atoms with Gasteiger partial charge in [0.25, 0.3) is 0 Å². The third kappa shape index (κ3) is 6.40. The van der Waals surface area contributed by atoms with E-state index in [1.54, 1.807) is 12.1 Å². The largest absolute Gasteiger partial charge is 0.481 e. The Hall–Kier alpha value is -2.64. The number of nitrogens with zero attached hydrogens (tertiary/aromatic N) is 1. The van der Waals surface area contributed by atoms with Crippen molar-refractivity contribution in [2.75, 3.05) is 25.6 Å². The molecular formula is C18H23N3O4. The van der Waals surface area contributed by atoms with Gasteiger partial charge in [0.15, 0.2) is 0 Å². The van der Waals surface area contributed by atoms with Crippen molar-refractivity contribution in [2.24, 2.45) is 0 Å². The quantitative estimate of drug-likeness (QED) is 0.683. The fourth-order valence-electron chi connectivity index (χ4n) is 2.10. The first-order valence-corrected chi connectivity index (χ1v) is 7.98. The maximum atomic E-state index is 11.8. The highest BCUT2D eigenvalue weighted by atomic mass is 16.5. The van der Waals surface area contributed by atoms with Crippen LogP contribution in [0.15, 0.2) is 48.7 Å². The predicted molar refractivity (Wildman–Crippen MR) is 94.6 cm³/mol. The van der Waals surface area contributed by atoms with Crippen LogP contribution in [-0.2, 0) is 4.74 Å². The summed E-state index contributed by atoms with van der Waals surface area (Å²) in [4.78, 5) is 15.8. The van der Waals surface area contributed by atoms with E-state index in [4.69, 9.17) is 9.47 Å². The number of carbonyl (C=O) groups excluding carboxylic acids is 1. The van der Waals surface area contributed by atoms with Crippen molar-refractivity contribution in [3.63, 3.8) is 0 Å². The van der Waals surface area contributed by atoms with Crippen LogP contribution in [0.4, 0.5) is 10.5 Å². The molecule has 0 saturated carbocycles. The van der Waals surface area contributed by atoms with Crippen LogP contribution in [-0.4, -0.2) is 42.5 Å². The van der Waals surface area contributed by atoms with Gasteiger partial charge in [0.1, 0.15) is 0 Å². The Labute approximate surface area is 147 Å². The second kappa shape index (κ2) is 9.61. The standard InChI is InChI=1S/C18H23N3O4/c1-13(14-6-4-3-5-7-14)25-12-16(22)11-20-18(23)21-15-8-9-17(24-2)19-10-15/h3-10,13,16,22H,11-12H2,1-2H3,(H2,20,21,23)/t13-,16-/m0/s1. The number of anilines is 1. The summed E-state index contributed by atoms with van der Waals surface area (Å²) in [6.45, 7) is 2.12. The summed E-state index contributed by atoms with van der Waals surface area (Å²) >= 11 is 0. The molecule has 7 heteroatoms. The molecule has 2 amide bonds. The van der Waals surface area contributed by atoms with Crippen LogP contribution >= 0.6 is 0 Å². The van der Waals surface area contributed by atoms with E-state index in [1.807, 2.05) is 37.3 Å². The number of benzene rings is 1. The minimum atomic E-state index is -0.800. The van der Waals surface area contributed by atoms with Gasteiger partial charge >= 0.3 is 6.03 Å². The van der Waals surface area contributed by atoms with E-state index in [1.165, 1.54) is 13.3 Å². The molecule has 0 unspecified atom stereocenters. The van der Waals surface area contributed by atoms with Crippen LogP contribution in [0.1, 0.15) is 18.6 Å². The first-order chi connectivity index (χ1) is 12.1. The zero-order valence-electron chi connectivity index (χ0n) is 14.3. The van der Waals surface area contributed by atoms with Gasteiger partial charge in [0.2, 0.25) is 5.88 Å². The lowest BCUT2D eigenvalue weighted by Gasteiger charge is -2.17. The van der Waals surface area contributed by atoms with Gasteiger partial charge in [-0.3, -0.25) is 0 Å². The summed E-state index contributed by atoms with van der Waals surface area (Å²) in [5, 5.41) is 15.1. The average molecular weight is 345 g/mol. The summed E-state index contributed by atoms with van der Waals surface area (Å²) in [7, 11) is 1.52. The van der Waals surface area contributed by atoms with Crippen molar-refractivity contribution < 1.29 is 19.4 Å². The molecule has 0 bridgehead atoms. The molecule has 2 atom stereocenters. The normalized spacial score (nSPS) is 12.9. The van der Waals surface area contributed by atoms with Crippen molar-refractivity contribution >= 4 is 11.7 Å². The van der Waals surface area contributed by atoms with Crippen LogP contribution in [0.2, 0.25) is 0 Å². The van der Waals surface area contributed by atoms with Crippen molar-refractivity contribution in [3.8, 4) is 5.88 Å². The highest BCUT2D eigenvalue weighted by Gasteiger charge is 2.11. The fraction of sp³-hybridized carbons (Fsp3) is 0.333. The highest BCUT2D eigenvalue weighted by Crippen LogP contribution is 2.15. The molecule has 7 nitrogen and oxygen atoms in total. The molecule has 1 aromatic heterocycles. The highest BCUT2D eigenvalue weighted by molar-refractivity contribution is 5.89. The molecule has 3 N–H and O–H groups in total. The number of aliphatic hydroxyl groups is 1. The van der Waals surface area contributed by atoms with Gasteiger partial charge in [-0.25, -0.2) is 9.78 Å². The van der Waals surface area contributed by atoms with Gasteiger partial charge in [-0.1, -0.05) is 30.3 Å². The van der Waals surface area contributed by atoms with Crippen molar-refractivity contribution in [2.45, 2.75) is 19.1 Å². The van der Waals surface area contributed by atoms with Crippen LogP contribution in [0, 0.1) is 0 Å². The number of aliphatic hydroxyl groups excluding tert-OH is 1. The van der Waals surface area contributed by atoms with Crippen LogP contribution in [0.5, 0.6) is 5.88 Å². The number of methoxy groups -OCH3 is 1. The summed E-state index contributed by atoms with van der Waals surface area (Å²) in [5.41, 5.74) is 1.56. The first-order valence-electron chi connectivity index (χ1n) is 7.98. The number of hydrogen-bond donors (Lipinski definition) is 3. The number of pyridine rings is 1. The van der Waals surface area contributed by atoms with Crippen molar-refractivity contribution in [1.82, 2.24) is 10.3 Å². The van der Waals surface area contributed by atoms with E-state index in [2.05, 4.69) is 15.6 Å². The number of amides is 2. The van der Waals surface area contributed by atoms with Crippen LogP contribution in [0.25, 0.3) is 0 Å². The van der Waals surface area contributed by atoms with E-state index in [9.17, 15) is 9.90 Å². The third-order valence-electron chi connectivity index (χ3n) is 3.51. The minimum Gasteiger partial charge on any atom is -0.481 e. The average Bonchev–Trinajstić information content (AvgIpc) is 2.65. The maximum Gasteiger partial charge on any atom is 0.319 e. The van der Waals surface area contributed by atoms with Crippen LogP contribution < -0.4 is 15.4 Å². The minimum absolute atomic E-state index is 0.0803. The predicted octanol–water partition coefficient (Wildman–Crippen LogP) is 2.35. The summed E-state index contributed by atoms with van der Waals surface area (Å²) in [6.07, 6.45) is 0.556. The Bertz CT molecular complexity index is 649. The molecule has 1 heterocycles. The lowest BCUT2D eigenvalue weighted by atomic mass is 10.1. The van der Waals surface area contributed by atoms with Crippen molar-refractivity contribution in [1.29, 1.82) is 0 Å². The molecule has 2 aromatic rings. The molecule has 0 radical (unpaired) electrons. The summed E-state index contributed by atoms with van der Waals surface area (Å²) in [6, 6.07) is 12.6. The Balaban J connectivity index is 1.68. The maximum absolute atomic E-state index is 11.8. The zero-order chi connectivity index (χ0) is 18.1. The lowest BCUT2D eigenvalue weighted by Crippen LogP contribution is -2.37. The summed E-state index contributed by atoms with van der Waals surface area (Å²) in [5.74, 6) is 0.464. The van der Waals surface area contributed by atoms with Crippen molar-refractivity contribution in [3.05, 3.63) is 54.2 Å². The second-order valence-corrected chi connectivity index (χ2v) is 5.46. The molecule has 0 fully saturated rings. The molecule has 0 aliphatic heterocycles. The number of urea groups is 1. The Morgan fingerprint density at radius 3 is 2.64 bits per heavy atom. The topological polar surface area (TPSA) is 92.7 Å². The van der Waals surface area contributed by atoms with Crippen LogP contribution in [0.3, 0.4) is 0 Å². The number of ether oxygens (including phenoxy) is 2. The van der Waals surface area contributed by atoms with E-state index in [0.29, 0.717) is 11.6 Å². The number of rotatable bonds is 8. The van der Waals surface area contributed by atoms with Gasteiger partial charge < -0.3 is 25.2 Å². The Morgan fingerprint density at radius 1 is 1.24 bits per heavy atom. The molecule has 0 saturated heterocycles. The monoisotopic (exact) mass is 345 g/mol. The van der Waals surface area contributed by atoms with Gasteiger partial charge in [-0.05, 0) is 18.6 Å². The van der Waals surface area contributed by atoms with Gasteiger partial charge in [0.05, 0.1) is 37.8 Å². The van der Waals surface area contributed by atoms with Gasteiger partial charge in [-0.15, -0.1) is 0 Å². The third-order valence-corrected chi connectivity index (χ3v) is 3.51. The lowest BCUT2D eigenvalue weighted by molar-refractivity contribution is -0.000953. The van der Waals surface area contributed by atoms with E-state index < -0.39 is 12.1 Å². The molecule has 0 aliphatic carbocycles. The van der Waals surface area contributed by atoms with E-state index in [0.717, 1.165) is 5.56 Å². The molecule has 0 aliphatic rings. The molecular weight excluding hydrogens is 322 g/mol. The number of hydrogen-bond acceptors (Lipinski definition) is 5. The second-order valence-electron chi connectivity index (χ2n) is 5.46. The Morgan fingerprint density at radius 2 is 2.00 bits per heavy atom. The molecule has 1 aromatic carbocycles. The zero-order valence-corrected chi connectivity index (χ0v) is 14.3. The number of aromatic nitrogens is 1. The molecule has 2 rings (SSSR count). The summed E-state index contributed by atoms with van der Waals surface area (Å²) < 4.78 is 10.6. The first kappa shape index (κ1) is 18.7. The van der Waals surface area contributed by atoms with Gasteiger partial charge in [-0.2, -0.15) is 0 Å². The molecule has 0 spiro atoms. The van der Waals surface area contributed by atoms with E-state index in [-0.39, 0.29) is 19.3 Å². The number of nitrogens with one attached hydrogen (secondary N) is 2.